The highest BCUT2D eigenvalue weighted by Gasteiger charge is 2.31. The second kappa shape index (κ2) is 9.61. The Kier molecular flexibility index (Phi) is 7.16. The molecule has 2 saturated heterocycles. The lowest BCUT2D eigenvalue weighted by Gasteiger charge is -2.33. The number of carbonyl (C=O) groups is 2. The zero-order chi connectivity index (χ0) is 20.9. The summed E-state index contributed by atoms with van der Waals surface area (Å²) >= 11 is 0. The first-order valence-corrected chi connectivity index (χ1v) is 10.2. The van der Waals surface area contributed by atoms with E-state index in [1.807, 2.05) is 4.90 Å². The van der Waals surface area contributed by atoms with Crippen LogP contribution in [0.2, 0.25) is 0 Å². The maximum Gasteiger partial charge on any atom is 0.416 e. The Morgan fingerprint density at radius 3 is 2.59 bits per heavy atom. The van der Waals surface area contributed by atoms with Gasteiger partial charge in [-0.15, -0.1) is 0 Å². The molecule has 5 nitrogen and oxygen atoms in total. The minimum absolute atomic E-state index is 0.0804. The average molecular weight is 412 g/mol. The summed E-state index contributed by atoms with van der Waals surface area (Å²) in [6.45, 7) is 2.12. The lowest BCUT2D eigenvalue weighted by atomic mass is 9.91. The summed E-state index contributed by atoms with van der Waals surface area (Å²) in [5, 5.41) is 2.69. The molecule has 0 saturated carbocycles. The van der Waals surface area contributed by atoms with Crippen LogP contribution in [-0.4, -0.2) is 42.5 Å². The molecule has 3 rings (SSSR count). The van der Waals surface area contributed by atoms with E-state index in [0.717, 1.165) is 44.2 Å². The van der Waals surface area contributed by atoms with E-state index in [-0.39, 0.29) is 24.5 Å². The van der Waals surface area contributed by atoms with Gasteiger partial charge in [0.2, 0.25) is 5.91 Å². The number of amides is 2. The summed E-state index contributed by atoms with van der Waals surface area (Å²) in [5.74, 6) is 0.294. The van der Waals surface area contributed by atoms with E-state index in [9.17, 15) is 22.8 Å². The van der Waals surface area contributed by atoms with Crippen molar-refractivity contribution in [3.63, 3.8) is 0 Å². The Hall–Kier alpha value is -2.09. The van der Waals surface area contributed by atoms with Crippen LogP contribution in [0.3, 0.4) is 0 Å². The maximum atomic E-state index is 12.7. The zero-order valence-electron chi connectivity index (χ0n) is 16.3. The van der Waals surface area contributed by atoms with Crippen LogP contribution in [-0.2, 0) is 27.0 Å². The van der Waals surface area contributed by atoms with Crippen molar-refractivity contribution in [3.05, 3.63) is 35.4 Å². The summed E-state index contributed by atoms with van der Waals surface area (Å²) in [6.07, 6.45) is -0.167. The molecule has 160 valence electrons. The van der Waals surface area contributed by atoms with E-state index in [4.69, 9.17) is 4.74 Å². The smallest absolute Gasteiger partial charge is 0.368 e. The van der Waals surface area contributed by atoms with Gasteiger partial charge in [-0.3, -0.25) is 9.59 Å². The van der Waals surface area contributed by atoms with Gasteiger partial charge in [-0.25, -0.2) is 0 Å². The first-order valence-electron chi connectivity index (χ1n) is 10.2. The topological polar surface area (TPSA) is 58.6 Å². The molecule has 1 aromatic rings. The molecule has 2 aliphatic rings. The van der Waals surface area contributed by atoms with Crippen LogP contribution in [0, 0.1) is 5.92 Å². The first kappa shape index (κ1) is 21.6. The Labute approximate surface area is 168 Å². The number of rotatable bonds is 6. The van der Waals surface area contributed by atoms with E-state index >= 15 is 0 Å². The maximum absolute atomic E-state index is 12.7. The number of ether oxygens (including phenoxy) is 1. The molecule has 2 aliphatic heterocycles. The molecule has 1 atom stereocenters. The minimum atomic E-state index is -4.39. The van der Waals surface area contributed by atoms with Crippen molar-refractivity contribution in [2.75, 3.05) is 19.7 Å². The van der Waals surface area contributed by atoms with Crippen LogP contribution < -0.4 is 5.32 Å². The molecule has 8 heteroatoms. The second-order valence-corrected chi connectivity index (χ2v) is 7.78. The summed E-state index contributed by atoms with van der Waals surface area (Å²) in [6, 6.07) is 4.98. The van der Waals surface area contributed by atoms with Crippen LogP contribution in [0.25, 0.3) is 0 Å². The van der Waals surface area contributed by atoms with Crippen LogP contribution in [0.15, 0.2) is 24.3 Å². The third kappa shape index (κ3) is 6.19. The van der Waals surface area contributed by atoms with Crippen molar-refractivity contribution in [2.24, 2.45) is 5.92 Å². The van der Waals surface area contributed by atoms with Gasteiger partial charge >= 0.3 is 6.18 Å². The zero-order valence-corrected chi connectivity index (χ0v) is 16.3. The van der Waals surface area contributed by atoms with Gasteiger partial charge in [0, 0.05) is 32.7 Å². The van der Waals surface area contributed by atoms with Gasteiger partial charge in [-0.1, -0.05) is 12.1 Å². The fourth-order valence-corrected chi connectivity index (χ4v) is 3.90. The summed E-state index contributed by atoms with van der Waals surface area (Å²) in [5.41, 5.74) is -0.289. The summed E-state index contributed by atoms with van der Waals surface area (Å²) in [4.78, 5) is 26.3. The SMILES string of the molecule is O=C(CCC1CCN(C(=O)[C@H]2CCCO2)CC1)NCc1cccc(C(F)(F)F)c1. The molecule has 2 fully saturated rings. The lowest BCUT2D eigenvalue weighted by molar-refractivity contribution is -0.142. The molecule has 0 aromatic heterocycles. The molecule has 0 aliphatic carbocycles. The van der Waals surface area contributed by atoms with Crippen molar-refractivity contribution < 1.29 is 27.5 Å². The number of piperidine rings is 1. The fraction of sp³-hybridized carbons (Fsp3) is 0.619. The Morgan fingerprint density at radius 1 is 1.17 bits per heavy atom. The van der Waals surface area contributed by atoms with Crippen LogP contribution >= 0.6 is 0 Å². The Balaban J connectivity index is 1.36. The molecule has 0 bridgehead atoms. The van der Waals surface area contributed by atoms with Crippen molar-refractivity contribution >= 4 is 11.8 Å². The van der Waals surface area contributed by atoms with Gasteiger partial charge in [-0.05, 0) is 55.7 Å². The molecular weight excluding hydrogens is 385 g/mol. The van der Waals surface area contributed by atoms with E-state index in [1.165, 1.54) is 6.07 Å². The predicted molar refractivity (Wildman–Crippen MR) is 101 cm³/mol. The molecule has 1 N–H and O–H groups in total. The number of likely N-dealkylation sites (tertiary alicyclic amines) is 1. The summed E-state index contributed by atoms with van der Waals surface area (Å²) in [7, 11) is 0. The van der Waals surface area contributed by atoms with E-state index in [0.29, 0.717) is 37.6 Å². The number of hydrogen-bond acceptors (Lipinski definition) is 3. The van der Waals surface area contributed by atoms with Crippen molar-refractivity contribution in [1.29, 1.82) is 0 Å². The number of benzene rings is 1. The molecule has 29 heavy (non-hydrogen) atoms. The number of hydrogen-bond donors (Lipinski definition) is 1. The third-order valence-corrected chi connectivity index (χ3v) is 5.65. The number of nitrogens with zero attached hydrogens (tertiary/aromatic N) is 1. The van der Waals surface area contributed by atoms with Crippen molar-refractivity contribution in [1.82, 2.24) is 10.2 Å². The highest BCUT2D eigenvalue weighted by atomic mass is 19.4. The monoisotopic (exact) mass is 412 g/mol. The quantitative estimate of drug-likeness (QED) is 0.778. The highest BCUT2D eigenvalue weighted by molar-refractivity contribution is 5.81. The summed E-state index contributed by atoms with van der Waals surface area (Å²) < 4.78 is 43.7. The van der Waals surface area contributed by atoms with Crippen molar-refractivity contribution in [3.8, 4) is 0 Å². The molecule has 0 radical (unpaired) electrons. The minimum Gasteiger partial charge on any atom is -0.368 e. The predicted octanol–water partition coefficient (Wildman–Crippen LogP) is 3.52. The van der Waals surface area contributed by atoms with Gasteiger partial charge in [-0.2, -0.15) is 13.2 Å². The number of carbonyl (C=O) groups excluding carboxylic acids is 2. The van der Waals surface area contributed by atoms with Crippen molar-refractivity contribution in [2.45, 2.75) is 57.3 Å². The standard InChI is InChI=1S/C21H27F3N2O3/c22-21(23,24)17-4-1-3-16(13-17)14-25-19(27)7-6-15-8-10-26(11-9-15)20(28)18-5-2-12-29-18/h1,3-4,13,15,18H,2,5-12,14H2,(H,25,27)/t18-/m1/s1. The van der Waals surface area contributed by atoms with E-state index < -0.39 is 11.7 Å². The third-order valence-electron chi connectivity index (χ3n) is 5.65. The van der Waals surface area contributed by atoms with Gasteiger partial charge in [0.25, 0.3) is 5.91 Å². The average Bonchev–Trinajstić information content (AvgIpc) is 3.25. The van der Waals surface area contributed by atoms with Gasteiger partial charge in [0.1, 0.15) is 6.10 Å². The number of nitrogens with one attached hydrogen (secondary N) is 1. The highest BCUT2D eigenvalue weighted by Crippen LogP contribution is 2.29. The van der Waals surface area contributed by atoms with Crippen LogP contribution in [0.5, 0.6) is 0 Å². The number of halogens is 3. The number of alkyl halides is 3. The van der Waals surface area contributed by atoms with Crippen LogP contribution in [0.1, 0.15) is 49.7 Å². The van der Waals surface area contributed by atoms with Gasteiger partial charge in [0.05, 0.1) is 5.56 Å². The molecular formula is C21H27F3N2O3. The largest absolute Gasteiger partial charge is 0.416 e. The van der Waals surface area contributed by atoms with Gasteiger partial charge in [0.15, 0.2) is 0 Å². The second-order valence-electron chi connectivity index (χ2n) is 7.78. The van der Waals surface area contributed by atoms with E-state index in [1.54, 1.807) is 6.07 Å². The lowest BCUT2D eigenvalue weighted by Crippen LogP contribution is -2.43. The van der Waals surface area contributed by atoms with Gasteiger partial charge < -0.3 is 15.0 Å². The Bertz CT molecular complexity index is 709. The molecule has 0 unspecified atom stereocenters. The Morgan fingerprint density at radius 2 is 1.93 bits per heavy atom. The molecule has 2 heterocycles. The fourth-order valence-electron chi connectivity index (χ4n) is 3.90. The first-order chi connectivity index (χ1) is 13.8. The molecule has 2 amide bonds. The van der Waals surface area contributed by atoms with E-state index in [2.05, 4.69) is 5.32 Å². The normalized spacial score (nSPS) is 20.7. The van der Waals surface area contributed by atoms with Crippen LogP contribution in [0.4, 0.5) is 13.2 Å². The molecule has 1 aromatic carbocycles. The molecule has 0 spiro atoms.